The summed E-state index contributed by atoms with van der Waals surface area (Å²) in [6.07, 6.45) is 5.50. The number of rotatable bonds is 3. The van der Waals surface area contributed by atoms with Crippen molar-refractivity contribution in [3.05, 3.63) is 29.6 Å². The van der Waals surface area contributed by atoms with Crippen molar-refractivity contribution >= 4 is 10.1 Å². The van der Waals surface area contributed by atoms with E-state index in [0.717, 1.165) is 6.42 Å². The van der Waals surface area contributed by atoms with E-state index in [4.69, 9.17) is 13.0 Å². The number of halogens is 3. The van der Waals surface area contributed by atoms with E-state index >= 15 is 0 Å². The Labute approximate surface area is 110 Å². The van der Waals surface area contributed by atoms with Gasteiger partial charge in [0.15, 0.2) is 0 Å². The van der Waals surface area contributed by atoms with Crippen molar-refractivity contribution in [3.8, 4) is 0 Å². The average Bonchev–Trinajstić information content (AvgIpc) is 2.26. The number of hydrogen-bond acceptors (Lipinski definition) is 3. The summed E-state index contributed by atoms with van der Waals surface area (Å²) in [6.45, 7) is 4.33. The van der Waals surface area contributed by atoms with E-state index in [2.05, 4.69) is 24.9 Å². The second-order valence-electron chi connectivity index (χ2n) is 3.79. The van der Waals surface area contributed by atoms with Gasteiger partial charge in [-0.3, -0.25) is 9.54 Å². The van der Waals surface area contributed by atoms with Gasteiger partial charge in [-0.1, -0.05) is 19.4 Å². The monoisotopic (exact) mass is 299 g/mol. The number of hydrogen-bond donors (Lipinski definition) is 1. The second kappa shape index (κ2) is 7.44. The van der Waals surface area contributed by atoms with Gasteiger partial charge in [0.25, 0.3) is 0 Å². The molecule has 8 heteroatoms. The van der Waals surface area contributed by atoms with Gasteiger partial charge in [-0.15, -0.1) is 0 Å². The van der Waals surface area contributed by atoms with Crippen molar-refractivity contribution in [1.82, 2.24) is 4.98 Å². The highest BCUT2D eigenvalue weighted by Crippen LogP contribution is 2.20. The molecule has 1 rings (SSSR count). The summed E-state index contributed by atoms with van der Waals surface area (Å²) in [5.41, 5.74) is -2.96. The Morgan fingerprint density at radius 1 is 1.37 bits per heavy atom. The van der Waals surface area contributed by atoms with Gasteiger partial charge in [-0.2, -0.15) is 21.6 Å². The van der Waals surface area contributed by atoms with Gasteiger partial charge < -0.3 is 0 Å². The summed E-state index contributed by atoms with van der Waals surface area (Å²) in [5.74, 6) is 0. The fraction of sp³-hybridized carbons (Fsp3) is 0.545. The number of aryl methyl sites for hydroxylation is 2. The quantitative estimate of drug-likeness (QED) is 0.688. The van der Waals surface area contributed by atoms with Crippen molar-refractivity contribution in [2.45, 2.75) is 38.6 Å². The smallest absolute Gasteiger partial charge is 0.279 e. The third-order valence-electron chi connectivity index (χ3n) is 2.18. The van der Waals surface area contributed by atoms with E-state index in [9.17, 15) is 13.2 Å². The van der Waals surface area contributed by atoms with E-state index in [1.54, 1.807) is 0 Å². The molecular formula is C11H16F3NO3S. The lowest BCUT2D eigenvalue weighted by Crippen LogP contribution is -2.21. The number of pyridine rings is 1. The summed E-state index contributed by atoms with van der Waals surface area (Å²) in [7, 11) is -5.84. The van der Waals surface area contributed by atoms with Crippen molar-refractivity contribution in [1.29, 1.82) is 0 Å². The first-order valence-corrected chi connectivity index (χ1v) is 6.97. The largest absolute Gasteiger partial charge is 0.522 e. The van der Waals surface area contributed by atoms with Crippen LogP contribution in [0, 0.1) is 6.92 Å². The van der Waals surface area contributed by atoms with Crippen LogP contribution in [-0.4, -0.2) is 23.5 Å². The highest BCUT2D eigenvalue weighted by Gasteiger charge is 2.44. The summed E-state index contributed by atoms with van der Waals surface area (Å²) in [6, 6.07) is 4.11. The lowest BCUT2D eigenvalue weighted by atomic mass is 10.1. The number of nitrogens with zero attached hydrogens (tertiary/aromatic N) is 1. The van der Waals surface area contributed by atoms with E-state index < -0.39 is 15.6 Å². The van der Waals surface area contributed by atoms with Gasteiger partial charge in [0.2, 0.25) is 0 Å². The Bertz CT molecular complexity index is 486. The standard InChI is InChI=1S/C10H15N.CHF3O3S/c1-3-4-7-10-9(2)6-5-8-11-10;2-1(3,4)8(5,6)7/h5-6,8H,3-4,7H2,1-2H3;(H,5,6,7). The van der Waals surface area contributed by atoms with Gasteiger partial charge >= 0.3 is 15.6 Å². The Balaban J connectivity index is 0.000000362. The molecule has 0 bridgehead atoms. The van der Waals surface area contributed by atoms with E-state index in [0.29, 0.717) is 0 Å². The third kappa shape index (κ3) is 7.12. The molecule has 0 saturated carbocycles. The highest BCUT2D eigenvalue weighted by atomic mass is 32.2. The zero-order chi connectivity index (χ0) is 15.1. The molecular weight excluding hydrogens is 283 g/mol. The first-order chi connectivity index (χ1) is 8.59. The van der Waals surface area contributed by atoms with Gasteiger partial charge in [0.05, 0.1) is 0 Å². The van der Waals surface area contributed by atoms with Crippen molar-refractivity contribution in [2.24, 2.45) is 0 Å². The molecule has 1 aromatic rings. The van der Waals surface area contributed by atoms with Crippen LogP contribution < -0.4 is 0 Å². The molecule has 19 heavy (non-hydrogen) atoms. The third-order valence-corrected chi connectivity index (χ3v) is 2.76. The second-order valence-corrected chi connectivity index (χ2v) is 5.20. The fourth-order valence-corrected chi connectivity index (χ4v) is 1.12. The van der Waals surface area contributed by atoms with Crippen LogP contribution in [0.25, 0.3) is 0 Å². The van der Waals surface area contributed by atoms with E-state index in [1.165, 1.54) is 24.1 Å². The maximum absolute atomic E-state index is 10.7. The Morgan fingerprint density at radius 2 is 1.89 bits per heavy atom. The normalized spacial score (nSPS) is 11.7. The first-order valence-electron chi connectivity index (χ1n) is 5.53. The maximum Gasteiger partial charge on any atom is 0.522 e. The van der Waals surface area contributed by atoms with Crippen LogP contribution in [0.3, 0.4) is 0 Å². The Hall–Kier alpha value is -1.15. The van der Waals surface area contributed by atoms with E-state index in [1.807, 2.05) is 12.3 Å². The predicted octanol–water partition coefficient (Wildman–Crippen LogP) is 3.13. The Kier molecular flexibility index (Phi) is 6.99. The molecule has 0 fully saturated rings. The van der Waals surface area contributed by atoms with Gasteiger partial charge in [0, 0.05) is 11.9 Å². The maximum atomic E-state index is 10.7. The van der Waals surface area contributed by atoms with Crippen LogP contribution in [-0.2, 0) is 16.5 Å². The average molecular weight is 299 g/mol. The first kappa shape index (κ1) is 17.8. The zero-order valence-electron chi connectivity index (χ0n) is 10.6. The molecule has 0 amide bonds. The van der Waals surface area contributed by atoms with Crippen LogP contribution in [0.2, 0.25) is 0 Å². The lowest BCUT2D eigenvalue weighted by Gasteiger charge is -2.01. The molecule has 0 aromatic carbocycles. The molecule has 0 aliphatic carbocycles. The van der Waals surface area contributed by atoms with Crippen LogP contribution in [0.5, 0.6) is 0 Å². The zero-order valence-corrected chi connectivity index (χ0v) is 11.4. The lowest BCUT2D eigenvalue weighted by molar-refractivity contribution is -0.0510. The highest BCUT2D eigenvalue weighted by molar-refractivity contribution is 7.86. The van der Waals surface area contributed by atoms with Crippen LogP contribution in [0.4, 0.5) is 13.2 Å². The minimum atomic E-state index is -5.84. The molecule has 1 N–H and O–H groups in total. The molecule has 4 nitrogen and oxygen atoms in total. The summed E-state index contributed by atoms with van der Waals surface area (Å²) in [5, 5.41) is 0. The molecule has 1 heterocycles. The molecule has 0 aliphatic rings. The molecule has 0 unspecified atom stereocenters. The molecule has 1 aromatic heterocycles. The minimum Gasteiger partial charge on any atom is -0.279 e. The molecule has 0 aliphatic heterocycles. The topological polar surface area (TPSA) is 67.3 Å². The summed E-state index contributed by atoms with van der Waals surface area (Å²) in [4.78, 5) is 4.32. The van der Waals surface area contributed by atoms with Crippen LogP contribution in [0.1, 0.15) is 31.0 Å². The molecule has 0 spiro atoms. The van der Waals surface area contributed by atoms with Crippen molar-refractivity contribution in [3.63, 3.8) is 0 Å². The van der Waals surface area contributed by atoms with Gasteiger partial charge in [-0.05, 0) is 31.4 Å². The van der Waals surface area contributed by atoms with E-state index in [-0.39, 0.29) is 0 Å². The van der Waals surface area contributed by atoms with Gasteiger partial charge in [0.1, 0.15) is 0 Å². The minimum absolute atomic E-state index is 1.13. The number of unbranched alkanes of at least 4 members (excludes halogenated alkanes) is 1. The molecule has 0 saturated heterocycles. The van der Waals surface area contributed by atoms with Crippen LogP contribution >= 0.6 is 0 Å². The molecule has 0 atom stereocenters. The predicted molar refractivity (Wildman–Crippen MR) is 65.2 cm³/mol. The molecule has 110 valence electrons. The molecule has 0 radical (unpaired) electrons. The van der Waals surface area contributed by atoms with Crippen molar-refractivity contribution in [2.75, 3.05) is 0 Å². The number of alkyl halides is 3. The van der Waals surface area contributed by atoms with Crippen LogP contribution in [0.15, 0.2) is 18.3 Å². The van der Waals surface area contributed by atoms with Gasteiger partial charge in [-0.25, -0.2) is 0 Å². The Morgan fingerprint density at radius 3 is 2.26 bits per heavy atom. The summed E-state index contributed by atoms with van der Waals surface area (Å²) < 4.78 is 57.5. The SMILES string of the molecule is CCCCc1ncccc1C.O=S(=O)(O)C(F)(F)F. The number of aromatic nitrogens is 1. The summed E-state index contributed by atoms with van der Waals surface area (Å²) >= 11 is 0. The fourth-order valence-electron chi connectivity index (χ4n) is 1.12. The van der Waals surface area contributed by atoms with Crippen molar-refractivity contribution < 1.29 is 26.1 Å².